The Balaban J connectivity index is 2.24. The number of alkyl halides is 3. The fraction of sp³-hybridized carbons (Fsp3) is 0.533. The van der Waals surface area contributed by atoms with E-state index in [0.29, 0.717) is 17.0 Å². The number of rotatable bonds is 5. The maximum absolute atomic E-state index is 12.7. The first-order valence-corrected chi connectivity index (χ1v) is 7.50. The molecule has 0 amide bonds. The Labute approximate surface area is 141 Å². The SMILES string of the molecule is CC(=O)C(C)OC(=O)CCc1c(C)nc2nc(C(F)(F)F)nn2c1C. The predicted octanol–water partition coefficient (Wildman–Crippen LogP) is 2.21. The topological polar surface area (TPSA) is 86.5 Å². The van der Waals surface area contributed by atoms with Crippen molar-refractivity contribution in [2.45, 2.75) is 52.8 Å². The standard InChI is InChI=1S/C15H17F3N4O3/c1-7-11(5-6-12(24)25-10(4)9(3)23)8(2)22-14(19-7)20-13(21-22)15(16,17)18/h10H,5-6H2,1-4H3. The third-order valence-electron chi connectivity index (χ3n) is 3.76. The van der Waals surface area contributed by atoms with Crippen LogP contribution in [0.2, 0.25) is 0 Å². The quantitative estimate of drug-likeness (QED) is 0.762. The van der Waals surface area contributed by atoms with Crippen LogP contribution in [0.4, 0.5) is 13.2 Å². The molecule has 0 aliphatic carbocycles. The number of fused-ring (bicyclic) bond motifs is 1. The van der Waals surface area contributed by atoms with Gasteiger partial charge in [-0.3, -0.25) is 9.59 Å². The number of ether oxygens (including phenoxy) is 1. The molecule has 0 spiro atoms. The molecular weight excluding hydrogens is 341 g/mol. The van der Waals surface area contributed by atoms with E-state index in [1.54, 1.807) is 13.8 Å². The van der Waals surface area contributed by atoms with E-state index in [1.165, 1.54) is 13.8 Å². The van der Waals surface area contributed by atoms with E-state index in [-0.39, 0.29) is 24.4 Å². The molecule has 0 aliphatic heterocycles. The highest BCUT2D eigenvalue weighted by atomic mass is 19.4. The number of Topliss-reactive ketones (excluding diaryl/α,β-unsaturated/α-hetero) is 1. The molecule has 136 valence electrons. The average Bonchev–Trinajstić information content (AvgIpc) is 2.91. The lowest BCUT2D eigenvalue weighted by Gasteiger charge is -2.12. The van der Waals surface area contributed by atoms with Crippen molar-refractivity contribution >= 4 is 17.5 Å². The molecule has 10 heteroatoms. The molecule has 1 atom stereocenters. The molecule has 0 saturated carbocycles. The van der Waals surface area contributed by atoms with E-state index in [4.69, 9.17) is 4.74 Å². The molecule has 0 aromatic carbocycles. The molecule has 0 N–H and O–H groups in total. The van der Waals surface area contributed by atoms with E-state index in [9.17, 15) is 22.8 Å². The van der Waals surface area contributed by atoms with Gasteiger partial charge in [-0.05, 0) is 39.7 Å². The Morgan fingerprint density at radius 1 is 1.24 bits per heavy atom. The summed E-state index contributed by atoms with van der Waals surface area (Å²) in [4.78, 5) is 30.3. The Kier molecular flexibility index (Phi) is 5.09. The van der Waals surface area contributed by atoms with Gasteiger partial charge in [-0.25, -0.2) is 9.50 Å². The third-order valence-corrected chi connectivity index (χ3v) is 3.76. The lowest BCUT2D eigenvalue weighted by Crippen LogP contribution is -2.22. The second kappa shape index (κ2) is 6.77. The average molecular weight is 358 g/mol. The molecule has 0 radical (unpaired) electrons. The van der Waals surface area contributed by atoms with Gasteiger partial charge >= 0.3 is 12.1 Å². The monoisotopic (exact) mass is 358 g/mol. The lowest BCUT2D eigenvalue weighted by atomic mass is 10.1. The molecule has 2 aromatic rings. The van der Waals surface area contributed by atoms with Crippen LogP contribution in [0.15, 0.2) is 0 Å². The summed E-state index contributed by atoms with van der Waals surface area (Å²) in [5, 5.41) is 3.44. The van der Waals surface area contributed by atoms with E-state index < -0.39 is 24.1 Å². The molecule has 0 aliphatic rings. The summed E-state index contributed by atoms with van der Waals surface area (Å²) in [6.45, 7) is 5.98. The van der Waals surface area contributed by atoms with Crippen LogP contribution < -0.4 is 0 Å². The second-order valence-electron chi connectivity index (χ2n) is 5.65. The number of ketones is 1. The number of carbonyl (C=O) groups is 2. The molecule has 0 fully saturated rings. The van der Waals surface area contributed by atoms with Crippen LogP contribution in [0.25, 0.3) is 5.78 Å². The molecule has 2 aromatic heterocycles. The number of nitrogens with zero attached hydrogens (tertiary/aromatic N) is 4. The van der Waals surface area contributed by atoms with Gasteiger partial charge in [-0.1, -0.05) is 0 Å². The van der Waals surface area contributed by atoms with Gasteiger partial charge in [0.2, 0.25) is 0 Å². The first-order chi connectivity index (χ1) is 11.5. The highest BCUT2D eigenvalue weighted by Crippen LogP contribution is 2.27. The minimum absolute atomic E-state index is 0.0344. The molecular formula is C15H17F3N4O3. The van der Waals surface area contributed by atoms with E-state index in [2.05, 4.69) is 15.1 Å². The normalized spacial score (nSPS) is 13.1. The number of hydrogen-bond donors (Lipinski definition) is 0. The molecule has 2 heterocycles. The summed E-state index contributed by atoms with van der Waals surface area (Å²) in [5.41, 5.74) is 1.45. The molecule has 7 nitrogen and oxygen atoms in total. The molecule has 1 unspecified atom stereocenters. The zero-order chi connectivity index (χ0) is 18.9. The van der Waals surface area contributed by atoms with Crippen LogP contribution in [0.1, 0.15) is 43.0 Å². The van der Waals surface area contributed by atoms with E-state index >= 15 is 0 Å². The summed E-state index contributed by atoms with van der Waals surface area (Å²) in [7, 11) is 0. The van der Waals surface area contributed by atoms with Gasteiger partial charge in [0, 0.05) is 17.8 Å². The van der Waals surface area contributed by atoms with Crippen molar-refractivity contribution in [1.29, 1.82) is 0 Å². The van der Waals surface area contributed by atoms with Gasteiger partial charge in [0.25, 0.3) is 11.6 Å². The van der Waals surface area contributed by atoms with Crippen molar-refractivity contribution in [3.05, 3.63) is 22.8 Å². The minimum Gasteiger partial charge on any atom is -0.455 e. The van der Waals surface area contributed by atoms with Crippen molar-refractivity contribution in [3.8, 4) is 0 Å². The van der Waals surface area contributed by atoms with Gasteiger partial charge < -0.3 is 4.74 Å². The maximum Gasteiger partial charge on any atom is 0.453 e. The van der Waals surface area contributed by atoms with Crippen molar-refractivity contribution in [2.24, 2.45) is 0 Å². The van der Waals surface area contributed by atoms with Crippen molar-refractivity contribution in [2.75, 3.05) is 0 Å². The predicted molar refractivity (Wildman–Crippen MR) is 79.8 cm³/mol. The first-order valence-electron chi connectivity index (χ1n) is 7.50. The largest absolute Gasteiger partial charge is 0.455 e. The Hall–Kier alpha value is -2.52. The summed E-state index contributed by atoms with van der Waals surface area (Å²) in [6, 6.07) is 0. The first kappa shape index (κ1) is 18.8. The summed E-state index contributed by atoms with van der Waals surface area (Å²) in [5.74, 6) is -2.27. The highest BCUT2D eigenvalue weighted by Gasteiger charge is 2.37. The fourth-order valence-corrected chi connectivity index (χ4v) is 2.26. The zero-order valence-electron chi connectivity index (χ0n) is 14.1. The van der Waals surface area contributed by atoms with E-state index in [1.807, 2.05) is 0 Å². The molecule has 0 saturated heterocycles. The van der Waals surface area contributed by atoms with Gasteiger partial charge in [-0.2, -0.15) is 18.2 Å². The Morgan fingerprint density at radius 2 is 1.88 bits per heavy atom. The molecule has 25 heavy (non-hydrogen) atoms. The molecule has 0 bridgehead atoms. The number of carbonyl (C=O) groups excluding carboxylic acids is 2. The number of aryl methyl sites for hydroxylation is 2. The van der Waals surface area contributed by atoms with Crippen LogP contribution in [-0.2, 0) is 26.9 Å². The summed E-state index contributed by atoms with van der Waals surface area (Å²) in [6.07, 6.45) is -5.33. The lowest BCUT2D eigenvalue weighted by molar-refractivity contribution is -0.153. The van der Waals surface area contributed by atoms with E-state index in [0.717, 1.165) is 4.52 Å². The van der Waals surface area contributed by atoms with Crippen molar-refractivity contribution in [1.82, 2.24) is 19.6 Å². The molecule has 2 rings (SSSR count). The fourth-order valence-electron chi connectivity index (χ4n) is 2.26. The second-order valence-corrected chi connectivity index (χ2v) is 5.65. The van der Waals surface area contributed by atoms with Gasteiger partial charge in [0.1, 0.15) is 0 Å². The highest BCUT2D eigenvalue weighted by molar-refractivity contribution is 5.83. The van der Waals surface area contributed by atoms with Gasteiger partial charge in [-0.15, -0.1) is 5.10 Å². The van der Waals surface area contributed by atoms with Crippen LogP contribution >= 0.6 is 0 Å². The van der Waals surface area contributed by atoms with Crippen molar-refractivity contribution < 1.29 is 27.5 Å². The zero-order valence-corrected chi connectivity index (χ0v) is 14.1. The Morgan fingerprint density at radius 3 is 2.44 bits per heavy atom. The number of halogens is 3. The maximum atomic E-state index is 12.7. The van der Waals surface area contributed by atoms with Gasteiger partial charge in [0.05, 0.1) is 0 Å². The number of aromatic nitrogens is 4. The van der Waals surface area contributed by atoms with Crippen LogP contribution in [0.5, 0.6) is 0 Å². The summed E-state index contributed by atoms with van der Waals surface area (Å²) < 4.78 is 44.2. The van der Waals surface area contributed by atoms with Crippen LogP contribution in [0.3, 0.4) is 0 Å². The van der Waals surface area contributed by atoms with Crippen molar-refractivity contribution in [3.63, 3.8) is 0 Å². The van der Waals surface area contributed by atoms with Gasteiger partial charge in [0.15, 0.2) is 11.9 Å². The third kappa shape index (κ3) is 4.12. The van der Waals surface area contributed by atoms with Crippen LogP contribution in [-0.4, -0.2) is 37.4 Å². The smallest absolute Gasteiger partial charge is 0.453 e. The number of esters is 1. The number of hydrogen-bond acceptors (Lipinski definition) is 6. The minimum atomic E-state index is -4.67. The Bertz CT molecular complexity index is 830. The summed E-state index contributed by atoms with van der Waals surface area (Å²) >= 11 is 0. The van der Waals surface area contributed by atoms with Crippen LogP contribution in [0, 0.1) is 13.8 Å².